The van der Waals surface area contributed by atoms with Gasteiger partial charge in [-0.15, -0.1) is 0 Å². The number of nitrogens with two attached hydrogens (primary N) is 1. The van der Waals surface area contributed by atoms with E-state index in [9.17, 15) is 4.79 Å². The highest BCUT2D eigenvalue weighted by Crippen LogP contribution is 1.66. The van der Waals surface area contributed by atoms with E-state index >= 15 is 0 Å². The fraction of sp³-hybridized carbons (Fsp3) is 0.750. The molecule has 0 heterocycles. The maximum Gasteiger partial charge on any atom is 0.362 e. The third-order valence-corrected chi connectivity index (χ3v) is 0.890. The zero-order valence-electron chi connectivity index (χ0n) is 4.51. The second-order valence-electron chi connectivity index (χ2n) is 1.46. The van der Waals surface area contributed by atoms with Crippen molar-refractivity contribution in [3.05, 3.63) is 0 Å². The van der Waals surface area contributed by atoms with Gasteiger partial charge in [-0.1, -0.05) is 0 Å². The van der Waals surface area contributed by atoms with Gasteiger partial charge in [-0.2, -0.15) is 0 Å². The van der Waals surface area contributed by atoms with Crippen LogP contribution in [0.25, 0.3) is 0 Å². The second kappa shape index (κ2) is 2.58. The van der Waals surface area contributed by atoms with E-state index in [1.807, 2.05) is 0 Å². The average molecular weight is 104 g/mol. The highest BCUT2D eigenvalue weighted by molar-refractivity contribution is 5.70. The number of carboxylic acid groups (broad SMARTS) is 1. The fourth-order valence-corrected chi connectivity index (χ4v) is 0.143. The van der Waals surface area contributed by atoms with Gasteiger partial charge < -0.3 is 10.4 Å². The highest BCUT2D eigenvalue weighted by atomic mass is 16.4. The average Bonchev–Trinajstić information content (AvgIpc) is 1.65. The molecule has 0 aromatic carbocycles. The van der Waals surface area contributed by atoms with Crippen molar-refractivity contribution in [2.75, 3.05) is 7.05 Å². The van der Waals surface area contributed by atoms with Crippen molar-refractivity contribution in [3.8, 4) is 0 Å². The van der Waals surface area contributed by atoms with Crippen LogP contribution in [-0.4, -0.2) is 24.2 Å². The molecular weight excluding hydrogens is 94.0 g/mol. The fourth-order valence-electron chi connectivity index (χ4n) is 0.143. The molecule has 0 aliphatic rings. The molecular formula is C4H10NO2+. The second-order valence-corrected chi connectivity index (χ2v) is 1.46. The normalized spacial score (nSPS) is 13.4. The molecule has 0 aromatic rings. The lowest BCUT2D eigenvalue weighted by molar-refractivity contribution is -0.648. The van der Waals surface area contributed by atoms with Crippen LogP contribution >= 0.6 is 0 Å². The first-order chi connectivity index (χ1) is 3.18. The topological polar surface area (TPSA) is 53.9 Å². The molecule has 1 atom stereocenters. The molecule has 1 unspecified atom stereocenters. The Morgan fingerprint density at radius 1 is 1.86 bits per heavy atom. The minimum absolute atomic E-state index is 0.306. The number of carbonyl (C=O) groups is 1. The van der Waals surface area contributed by atoms with Gasteiger partial charge in [0.15, 0.2) is 6.04 Å². The molecule has 3 heteroatoms. The number of hydrogen-bond donors (Lipinski definition) is 2. The molecule has 7 heavy (non-hydrogen) atoms. The van der Waals surface area contributed by atoms with Crippen LogP contribution in [0, 0.1) is 0 Å². The van der Waals surface area contributed by atoms with Crippen LogP contribution in [0.3, 0.4) is 0 Å². The Balaban J connectivity index is 3.34. The van der Waals surface area contributed by atoms with Crippen LogP contribution in [0.1, 0.15) is 6.92 Å². The molecule has 3 N–H and O–H groups in total. The minimum atomic E-state index is -0.762. The Labute approximate surface area is 42.3 Å². The number of rotatable bonds is 2. The zero-order valence-corrected chi connectivity index (χ0v) is 4.51. The van der Waals surface area contributed by atoms with Crippen molar-refractivity contribution >= 4 is 5.97 Å². The van der Waals surface area contributed by atoms with E-state index in [-0.39, 0.29) is 6.04 Å². The van der Waals surface area contributed by atoms with Crippen LogP contribution in [0.5, 0.6) is 0 Å². The monoisotopic (exact) mass is 104 g/mol. The van der Waals surface area contributed by atoms with Crippen LogP contribution < -0.4 is 5.32 Å². The quantitative estimate of drug-likeness (QED) is 0.455. The summed E-state index contributed by atoms with van der Waals surface area (Å²) >= 11 is 0. The van der Waals surface area contributed by atoms with Crippen LogP contribution in [0.2, 0.25) is 0 Å². The first-order valence-electron chi connectivity index (χ1n) is 2.20. The Morgan fingerprint density at radius 2 is 2.29 bits per heavy atom. The van der Waals surface area contributed by atoms with Crippen molar-refractivity contribution in [1.82, 2.24) is 0 Å². The van der Waals surface area contributed by atoms with Gasteiger partial charge in [0, 0.05) is 0 Å². The first kappa shape index (κ1) is 6.43. The minimum Gasteiger partial charge on any atom is -0.477 e. The van der Waals surface area contributed by atoms with E-state index in [2.05, 4.69) is 0 Å². The molecule has 0 spiro atoms. The molecule has 0 amide bonds. The molecule has 0 saturated heterocycles. The van der Waals surface area contributed by atoms with E-state index in [4.69, 9.17) is 5.11 Å². The van der Waals surface area contributed by atoms with E-state index in [1.165, 1.54) is 0 Å². The Kier molecular flexibility index (Phi) is 2.37. The molecule has 42 valence electrons. The van der Waals surface area contributed by atoms with Crippen molar-refractivity contribution < 1.29 is 15.2 Å². The van der Waals surface area contributed by atoms with Gasteiger partial charge in [0.05, 0.1) is 7.05 Å². The van der Waals surface area contributed by atoms with Gasteiger partial charge in [0.25, 0.3) is 0 Å². The van der Waals surface area contributed by atoms with Gasteiger partial charge in [-0.3, -0.25) is 0 Å². The summed E-state index contributed by atoms with van der Waals surface area (Å²) in [5, 5.41) is 9.79. The van der Waals surface area contributed by atoms with Gasteiger partial charge in [0.2, 0.25) is 0 Å². The molecule has 0 rings (SSSR count). The van der Waals surface area contributed by atoms with Gasteiger partial charge in [0.1, 0.15) is 0 Å². The number of hydrogen-bond acceptors (Lipinski definition) is 1. The highest BCUT2D eigenvalue weighted by Gasteiger charge is 2.08. The van der Waals surface area contributed by atoms with Crippen LogP contribution in [0.4, 0.5) is 0 Å². The molecule has 0 fully saturated rings. The van der Waals surface area contributed by atoms with E-state index in [0.29, 0.717) is 0 Å². The van der Waals surface area contributed by atoms with E-state index < -0.39 is 5.97 Å². The van der Waals surface area contributed by atoms with Crippen molar-refractivity contribution in [2.24, 2.45) is 0 Å². The summed E-state index contributed by atoms with van der Waals surface area (Å²) in [6.07, 6.45) is 0. The summed E-state index contributed by atoms with van der Waals surface area (Å²) in [6, 6.07) is -0.306. The lowest BCUT2D eigenvalue weighted by atomic mass is 10.4. The molecule has 3 nitrogen and oxygen atoms in total. The van der Waals surface area contributed by atoms with Crippen molar-refractivity contribution in [1.29, 1.82) is 0 Å². The summed E-state index contributed by atoms with van der Waals surface area (Å²) in [5.41, 5.74) is 0. The number of aliphatic carboxylic acids is 1. The summed E-state index contributed by atoms with van der Waals surface area (Å²) < 4.78 is 0. The Bertz CT molecular complexity index is 72.1. The smallest absolute Gasteiger partial charge is 0.362 e. The van der Waals surface area contributed by atoms with Crippen molar-refractivity contribution in [2.45, 2.75) is 13.0 Å². The van der Waals surface area contributed by atoms with Crippen LogP contribution in [0.15, 0.2) is 0 Å². The van der Waals surface area contributed by atoms with E-state index in [1.54, 1.807) is 19.3 Å². The third kappa shape index (κ3) is 2.17. The SMILES string of the molecule is C[NH2+]C(C)C(=O)O. The number of carboxylic acids is 1. The number of likely N-dealkylation sites (N-methyl/N-ethyl adjacent to an activating group) is 1. The lowest BCUT2D eigenvalue weighted by Crippen LogP contribution is -2.87. The largest absolute Gasteiger partial charge is 0.477 e. The Morgan fingerprint density at radius 3 is 2.29 bits per heavy atom. The van der Waals surface area contributed by atoms with E-state index in [0.717, 1.165) is 0 Å². The number of quaternary nitrogens is 1. The predicted octanol–water partition coefficient (Wildman–Crippen LogP) is -1.35. The molecule has 0 aromatic heterocycles. The summed E-state index contributed by atoms with van der Waals surface area (Å²) in [6.45, 7) is 1.64. The van der Waals surface area contributed by atoms with Gasteiger partial charge in [-0.25, -0.2) is 4.79 Å². The third-order valence-electron chi connectivity index (χ3n) is 0.890. The predicted molar refractivity (Wildman–Crippen MR) is 24.9 cm³/mol. The molecule has 0 bridgehead atoms. The Hall–Kier alpha value is -0.570. The van der Waals surface area contributed by atoms with Gasteiger partial charge >= 0.3 is 5.97 Å². The maximum absolute atomic E-state index is 9.90. The van der Waals surface area contributed by atoms with Gasteiger partial charge in [-0.05, 0) is 6.92 Å². The zero-order chi connectivity index (χ0) is 5.86. The lowest BCUT2D eigenvalue weighted by Gasteiger charge is -1.96. The summed E-state index contributed by atoms with van der Waals surface area (Å²) in [4.78, 5) is 9.90. The summed E-state index contributed by atoms with van der Waals surface area (Å²) in [5.74, 6) is -0.762. The van der Waals surface area contributed by atoms with Crippen LogP contribution in [-0.2, 0) is 4.79 Å². The molecule has 0 aliphatic carbocycles. The van der Waals surface area contributed by atoms with Crippen molar-refractivity contribution in [3.63, 3.8) is 0 Å². The molecule has 0 saturated carbocycles. The molecule has 0 radical (unpaired) electrons. The first-order valence-corrected chi connectivity index (χ1v) is 2.20. The molecule has 0 aliphatic heterocycles. The summed E-state index contributed by atoms with van der Waals surface area (Å²) in [7, 11) is 1.73. The standard InChI is InChI=1S/C4H9NO2/c1-3(5-2)4(6)7/h3,5H,1-2H3,(H,6,7)/p+1. The maximum atomic E-state index is 9.90.